The van der Waals surface area contributed by atoms with Gasteiger partial charge in [-0.25, -0.2) is 4.98 Å². The van der Waals surface area contributed by atoms with Crippen LogP contribution in [0.2, 0.25) is 0 Å². The van der Waals surface area contributed by atoms with Crippen LogP contribution in [0.25, 0.3) is 4.83 Å². The van der Waals surface area contributed by atoms with Crippen LogP contribution < -0.4 is 5.32 Å². The van der Waals surface area contributed by atoms with Gasteiger partial charge in [-0.2, -0.15) is 18.3 Å². The summed E-state index contributed by atoms with van der Waals surface area (Å²) in [6.07, 6.45) is 11.1. The Morgan fingerprint density at radius 1 is 1.22 bits per heavy atom. The van der Waals surface area contributed by atoms with Crippen molar-refractivity contribution >= 4 is 28.3 Å². The summed E-state index contributed by atoms with van der Waals surface area (Å²) in [5.74, 6) is 0.463. The van der Waals surface area contributed by atoms with Gasteiger partial charge in [-0.3, -0.25) is 9.08 Å². The average molecular weight is 466 g/mol. The predicted molar refractivity (Wildman–Crippen MR) is 122 cm³/mol. The minimum Gasteiger partial charge on any atom is -0.371 e. The van der Waals surface area contributed by atoms with E-state index in [0.717, 1.165) is 39.4 Å². The van der Waals surface area contributed by atoms with Gasteiger partial charge in [0.1, 0.15) is 23.1 Å². The molecule has 0 unspecified atom stereocenters. The van der Waals surface area contributed by atoms with Crippen LogP contribution in [0.5, 0.6) is 0 Å². The van der Waals surface area contributed by atoms with Crippen LogP contribution in [0, 0.1) is 0 Å². The van der Waals surface area contributed by atoms with E-state index in [2.05, 4.69) is 27.6 Å². The normalized spacial score (nSPS) is 12.8. The first-order valence-corrected chi connectivity index (χ1v) is 10.7. The Balaban J connectivity index is 0.000000233. The molecule has 3 aromatic rings. The van der Waals surface area contributed by atoms with E-state index in [0.29, 0.717) is 17.1 Å². The monoisotopic (exact) mass is 465 g/mol. The Bertz CT molecular complexity index is 1120. The summed E-state index contributed by atoms with van der Waals surface area (Å²) in [7, 11) is 3.53. The van der Waals surface area contributed by atoms with Gasteiger partial charge in [0.15, 0.2) is 5.82 Å². The summed E-state index contributed by atoms with van der Waals surface area (Å²) < 4.78 is 40.0. The van der Waals surface area contributed by atoms with Crippen molar-refractivity contribution in [3.63, 3.8) is 0 Å². The number of thiazole rings is 1. The number of aryl methyl sites for hydroxylation is 1. The van der Waals surface area contributed by atoms with Crippen LogP contribution in [0.3, 0.4) is 0 Å². The van der Waals surface area contributed by atoms with Gasteiger partial charge in [0, 0.05) is 38.5 Å². The van der Waals surface area contributed by atoms with Crippen LogP contribution >= 0.6 is 11.3 Å². The van der Waals surface area contributed by atoms with Gasteiger partial charge in [0.2, 0.25) is 0 Å². The highest BCUT2D eigenvalue weighted by molar-refractivity contribution is 7.16. The van der Waals surface area contributed by atoms with Crippen molar-refractivity contribution in [1.29, 1.82) is 0 Å². The van der Waals surface area contributed by atoms with Crippen LogP contribution in [-0.4, -0.2) is 32.5 Å². The van der Waals surface area contributed by atoms with Gasteiger partial charge in [-0.05, 0) is 30.6 Å². The molecule has 0 aromatic carbocycles. The molecule has 0 aliphatic rings. The van der Waals surface area contributed by atoms with E-state index in [1.165, 1.54) is 17.5 Å². The van der Waals surface area contributed by atoms with Gasteiger partial charge in [0.05, 0.1) is 6.20 Å². The van der Waals surface area contributed by atoms with Crippen molar-refractivity contribution in [3.8, 4) is 0 Å². The van der Waals surface area contributed by atoms with E-state index in [1.54, 1.807) is 11.7 Å². The highest BCUT2D eigenvalue weighted by Crippen LogP contribution is 2.34. The van der Waals surface area contributed by atoms with E-state index < -0.39 is 11.9 Å². The lowest BCUT2D eigenvalue weighted by molar-refractivity contribution is -0.141. The molecule has 0 aliphatic heterocycles. The number of halogens is 3. The van der Waals surface area contributed by atoms with Gasteiger partial charge < -0.3 is 10.1 Å². The Hall–Kier alpha value is -3.14. The topological polar surface area (TPSA) is 64.2 Å². The van der Waals surface area contributed by atoms with Crippen LogP contribution in [-0.2, 0) is 24.4 Å². The maximum atomic E-state index is 12.4. The summed E-state index contributed by atoms with van der Waals surface area (Å²) in [6.45, 7) is 3.96. The first kappa shape index (κ1) is 25.1. The lowest BCUT2D eigenvalue weighted by Gasteiger charge is -2.02. The number of imidazole rings is 1. The molecule has 3 heterocycles. The summed E-state index contributed by atoms with van der Waals surface area (Å²) in [5, 5.41) is 7.96. The molecule has 172 valence electrons. The Morgan fingerprint density at radius 2 is 1.91 bits per heavy atom. The standard InChI is InChI=1S/C15H20N2O.C7H6F3N3S/c1-4-13(8-9-18)6-7-14(5-2)10-15-11-16-17(3)12-15;1-11-5-6-13(3-12-5)4(2-14-6)7(8,9)10/h4-7,9,11-12H,8,10H2,1-3H3;2-3,11H,1H3/b7-6-,13-4+,14-5+;. The number of nitrogens with one attached hydrogen (secondary N) is 1. The third-order valence-electron chi connectivity index (χ3n) is 4.53. The van der Waals surface area contributed by atoms with E-state index in [1.807, 2.05) is 45.4 Å². The fourth-order valence-electron chi connectivity index (χ4n) is 2.81. The number of hydrogen-bond donors (Lipinski definition) is 1. The molecule has 10 heteroatoms. The molecule has 0 fully saturated rings. The summed E-state index contributed by atoms with van der Waals surface area (Å²) in [6, 6.07) is 0. The molecule has 0 bridgehead atoms. The van der Waals surface area contributed by atoms with Crippen LogP contribution in [0.15, 0.2) is 59.6 Å². The number of aromatic nitrogens is 4. The quantitative estimate of drug-likeness (QED) is 0.372. The number of carbonyl (C=O) groups excluding carboxylic acids is 1. The molecule has 0 amide bonds. The Labute approximate surface area is 188 Å². The van der Waals surface area contributed by atoms with Gasteiger partial charge in [-0.1, -0.05) is 24.3 Å². The molecule has 0 atom stereocenters. The van der Waals surface area contributed by atoms with Crippen molar-refractivity contribution in [2.75, 3.05) is 12.4 Å². The summed E-state index contributed by atoms with van der Waals surface area (Å²) >= 11 is 1.02. The van der Waals surface area contributed by atoms with E-state index in [-0.39, 0.29) is 0 Å². The number of allylic oxidation sites excluding steroid dienone is 6. The van der Waals surface area contributed by atoms with Gasteiger partial charge >= 0.3 is 6.18 Å². The van der Waals surface area contributed by atoms with E-state index >= 15 is 0 Å². The summed E-state index contributed by atoms with van der Waals surface area (Å²) in [4.78, 5) is 14.8. The van der Waals surface area contributed by atoms with E-state index in [4.69, 9.17) is 0 Å². The van der Waals surface area contributed by atoms with Crippen LogP contribution in [0.4, 0.5) is 19.0 Å². The number of hydrogen-bond acceptors (Lipinski definition) is 5. The molecular formula is C22H26F3N5OS. The number of nitrogens with zero attached hydrogens (tertiary/aromatic N) is 4. The maximum absolute atomic E-state index is 12.4. The number of aldehydes is 1. The van der Waals surface area contributed by atoms with Crippen molar-refractivity contribution in [2.24, 2.45) is 7.05 Å². The fourth-order valence-corrected chi connectivity index (χ4v) is 3.81. The summed E-state index contributed by atoms with van der Waals surface area (Å²) in [5.41, 5.74) is 2.75. The number of carbonyl (C=O) groups is 1. The molecule has 0 spiro atoms. The zero-order chi connectivity index (χ0) is 23.7. The highest BCUT2D eigenvalue weighted by atomic mass is 32.1. The fraction of sp³-hybridized carbons (Fsp3) is 0.318. The van der Waals surface area contributed by atoms with Crippen molar-refractivity contribution in [1.82, 2.24) is 19.2 Å². The molecule has 6 nitrogen and oxygen atoms in total. The van der Waals surface area contributed by atoms with E-state index in [9.17, 15) is 18.0 Å². The Morgan fingerprint density at radius 3 is 2.44 bits per heavy atom. The van der Waals surface area contributed by atoms with Gasteiger partial charge in [0.25, 0.3) is 0 Å². The zero-order valence-electron chi connectivity index (χ0n) is 18.3. The minimum atomic E-state index is -4.33. The third kappa shape index (κ3) is 6.68. The highest BCUT2D eigenvalue weighted by Gasteiger charge is 2.34. The molecule has 3 rings (SSSR count). The first-order chi connectivity index (χ1) is 15.2. The molecular weight excluding hydrogens is 439 g/mol. The Kier molecular flexibility index (Phi) is 9.01. The minimum absolute atomic E-state index is 0.463. The SMILES string of the molecule is CNc1ncn2c(C(F)(F)F)csc12.C\C=C(/C=C\C(=C/C)Cc1cnn(C)c1)CC=O. The first-order valence-electron chi connectivity index (χ1n) is 9.82. The maximum Gasteiger partial charge on any atom is 0.432 e. The zero-order valence-corrected chi connectivity index (χ0v) is 19.2. The lowest BCUT2D eigenvalue weighted by Crippen LogP contribution is -2.07. The van der Waals surface area contributed by atoms with Crippen molar-refractivity contribution in [3.05, 3.63) is 70.8 Å². The third-order valence-corrected chi connectivity index (χ3v) is 5.49. The van der Waals surface area contributed by atoms with Crippen molar-refractivity contribution < 1.29 is 18.0 Å². The molecule has 0 saturated heterocycles. The smallest absolute Gasteiger partial charge is 0.371 e. The molecule has 3 aromatic heterocycles. The van der Waals surface area contributed by atoms with Gasteiger partial charge in [-0.15, -0.1) is 11.3 Å². The molecule has 0 radical (unpaired) electrons. The second-order valence-corrected chi connectivity index (χ2v) is 7.63. The molecule has 0 aliphatic carbocycles. The average Bonchev–Trinajstić information content (AvgIpc) is 3.46. The van der Waals surface area contributed by atoms with Crippen LogP contribution in [0.1, 0.15) is 31.5 Å². The number of alkyl halides is 3. The second-order valence-electron chi connectivity index (χ2n) is 6.77. The number of rotatable bonds is 7. The van der Waals surface area contributed by atoms with Crippen molar-refractivity contribution in [2.45, 2.75) is 32.9 Å². The number of fused-ring (bicyclic) bond motifs is 1. The predicted octanol–water partition coefficient (Wildman–Crippen LogP) is 5.46. The second kappa shape index (κ2) is 11.5. The largest absolute Gasteiger partial charge is 0.432 e. The number of anilines is 1. The lowest BCUT2D eigenvalue weighted by atomic mass is 10.1. The molecule has 1 N–H and O–H groups in total. The molecule has 32 heavy (non-hydrogen) atoms. The molecule has 0 saturated carbocycles.